The first-order chi connectivity index (χ1) is 8.98. The smallest absolute Gasteiger partial charge is 0.230 e. The van der Waals surface area contributed by atoms with Crippen LogP contribution in [0.2, 0.25) is 10.0 Å². The van der Waals surface area contributed by atoms with E-state index in [1.165, 1.54) is 0 Å². The molecule has 3 nitrogen and oxygen atoms in total. The van der Waals surface area contributed by atoms with Gasteiger partial charge in [-0.1, -0.05) is 35.3 Å². The summed E-state index contributed by atoms with van der Waals surface area (Å²) >= 11 is 12.1. The van der Waals surface area contributed by atoms with Crippen LogP contribution >= 0.6 is 23.2 Å². The number of carbonyl (C=O) groups is 1. The molecule has 1 aromatic rings. The summed E-state index contributed by atoms with van der Waals surface area (Å²) in [5.74, 6) is -0.0268. The van der Waals surface area contributed by atoms with Gasteiger partial charge in [-0.2, -0.15) is 0 Å². The minimum Gasteiger partial charge on any atom is -0.341 e. The highest BCUT2D eigenvalue weighted by molar-refractivity contribution is 6.42. The van der Waals surface area contributed by atoms with Crippen molar-refractivity contribution < 1.29 is 4.79 Å². The van der Waals surface area contributed by atoms with Crippen molar-refractivity contribution in [3.8, 4) is 0 Å². The van der Waals surface area contributed by atoms with Gasteiger partial charge in [-0.3, -0.25) is 4.79 Å². The Balaban J connectivity index is 2.94. The molecule has 2 N–H and O–H groups in total. The van der Waals surface area contributed by atoms with Gasteiger partial charge in [0.2, 0.25) is 5.91 Å². The van der Waals surface area contributed by atoms with Crippen molar-refractivity contribution in [2.45, 2.75) is 39.8 Å². The quantitative estimate of drug-likeness (QED) is 0.920. The van der Waals surface area contributed by atoms with E-state index in [2.05, 4.69) is 0 Å². The maximum atomic E-state index is 12.6. The number of halogens is 2. The highest BCUT2D eigenvalue weighted by Gasteiger charge is 2.42. The fourth-order valence-corrected chi connectivity index (χ4v) is 2.13. The van der Waals surface area contributed by atoms with Crippen molar-refractivity contribution in [1.29, 1.82) is 0 Å². The van der Waals surface area contributed by atoms with E-state index in [-0.39, 0.29) is 5.91 Å². The Morgan fingerprint density at radius 2 is 1.80 bits per heavy atom. The van der Waals surface area contributed by atoms with Crippen molar-refractivity contribution >= 4 is 29.1 Å². The van der Waals surface area contributed by atoms with Crippen LogP contribution in [0.3, 0.4) is 0 Å². The average Bonchev–Trinajstić information content (AvgIpc) is 2.32. The maximum Gasteiger partial charge on any atom is 0.230 e. The summed E-state index contributed by atoms with van der Waals surface area (Å²) < 4.78 is 0. The van der Waals surface area contributed by atoms with E-state index in [1.807, 2.05) is 39.8 Å². The summed E-state index contributed by atoms with van der Waals surface area (Å²) in [6, 6.07) is 5.40. The molecule has 0 aliphatic carbocycles. The standard InChI is InChI=1S/C15H22Cl2N2O/c1-14(2,15(3,4)18)13(20)19(5)9-10-7-6-8-11(16)12(10)17/h6-8H,9,18H2,1-5H3. The van der Waals surface area contributed by atoms with Crippen molar-refractivity contribution in [1.82, 2.24) is 4.90 Å². The van der Waals surface area contributed by atoms with Gasteiger partial charge in [-0.05, 0) is 39.3 Å². The number of benzene rings is 1. The molecule has 0 aromatic heterocycles. The minimum absolute atomic E-state index is 0.0268. The van der Waals surface area contributed by atoms with E-state index in [9.17, 15) is 4.79 Å². The van der Waals surface area contributed by atoms with E-state index in [0.29, 0.717) is 16.6 Å². The lowest BCUT2D eigenvalue weighted by atomic mass is 9.74. The van der Waals surface area contributed by atoms with Gasteiger partial charge in [-0.15, -0.1) is 0 Å². The van der Waals surface area contributed by atoms with E-state index < -0.39 is 11.0 Å². The third-order valence-corrected chi connectivity index (χ3v) is 4.79. The van der Waals surface area contributed by atoms with Gasteiger partial charge in [0.15, 0.2) is 0 Å². The molecule has 1 aromatic carbocycles. The van der Waals surface area contributed by atoms with E-state index in [1.54, 1.807) is 18.0 Å². The van der Waals surface area contributed by atoms with Crippen LogP contribution in [-0.4, -0.2) is 23.4 Å². The molecule has 5 heteroatoms. The summed E-state index contributed by atoms with van der Waals surface area (Å²) in [4.78, 5) is 14.2. The van der Waals surface area contributed by atoms with Crippen molar-refractivity contribution in [3.05, 3.63) is 33.8 Å². The van der Waals surface area contributed by atoms with Gasteiger partial charge in [0.25, 0.3) is 0 Å². The zero-order valence-electron chi connectivity index (χ0n) is 12.6. The van der Waals surface area contributed by atoms with Gasteiger partial charge in [0, 0.05) is 19.1 Å². The van der Waals surface area contributed by atoms with Gasteiger partial charge in [0.05, 0.1) is 15.5 Å². The van der Waals surface area contributed by atoms with Crippen LogP contribution in [0.1, 0.15) is 33.3 Å². The summed E-state index contributed by atoms with van der Waals surface area (Å²) in [6.07, 6.45) is 0. The van der Waals surface area contributed by atoms with Crippen LogP contribution in [0, 0.1) is 5.41 Å². The number of nitrogens with zero attached hydrogens (tertiary/aromatic N) is 1. The summed E-state index contributed by atoms with van der Waals surface area (Å²) in [6.45, 7) is 7.81. The first-order valence-corrected chi connectivity index (χ1v) is 7.21. The van der Waals surface area contributed by atoms with Crippen LogP contribution in [0.4, 0.5) is 0 Å². The Morgan fingerprint density at radius 3 is 2.30 bits per heavy atom. The molecule has 0 atom stereocenters. The molecule has 0 heterocycles. The Hall–Kier alpha value is -0.770. The number of hydrogen-bond acceptors (Lipinski definition) is 2. The lowest BCUT2D eigenvalue weighted by Crippen LogP contribution is -2.55. The number of carbonyl (C=O) groups excluding carboxylic acids is 1. The van der Waals surface area contributed by atoms with Crippen LogP contribution in [-0.2, 0) is 11.3 Å². The number of hydrogen-bond donors (Lipinski definition) is 1. The van der Waals surface area contributed by atoms with E-state index in [0.717, 1.165) is 5.56 Å². The van der Waals surface area contributed by atoms with Gasteiger partial charge in [-0.25, -0.2) is 0 Å². The molecule has 112 valence electrons. The predicted molar refractivity (Wildman–Crippen MR) is 85.0 cm³/mol. The zero-order chi connectivity index (χ0) is 15.7. The van der Waals surface area contributed by atoms with E-state index >= 15 is 0 Å². The molecule has 0 spiro atoms. The van der Waals surface area contributed by atoms with Gasteiger partial charge < -0.3 is 10.6 Å². The second-order valence-electron chi connectivity index (χ2n) is 6.22. The summed E-state index contributed by atoms with van der Waals surface area (Å²) in [5, 5.41) is 0.974. The fraction of sp³-hybridized carbons (Fsp3) is 0.533. The lowest BCUT2D eigenvalue weighted by molar-refractivity contribution is -0.142. The first kappa shape index (κ1) is 17.3. The number of nitrogens with two attached hydrogens (primary N) is 1. The Labute approximate surface area is 131 Å². The molecule has 0 radical (unpaired) electrons. The molecule has 1 amide bonds. The molecule has 20 heavy (non-hydrogen) atoms. The summed E-state index contributed by atoms with van der Waals surface area (Å²) in [7, 11) is 1.74. The van der Waals surface area contributed by atoms with Crippen LogP contribution < -0.4 is 5.73 Å². The Kier molecular flexibility index (Phi) is 5.12. The average molecular weight is 317 g/mol. The third-order valence-electron chi connectivity index (χ3n) is 3.93. The molecule has 0 saturated carbocycles. The maximum absolute atomic E-state index is 12.6. The van der Waals surface area contributed by atoms with Crippen molar-refractivity contribution in [3.63, 3.8) is 0 Å². The topological polar surface area (TPSA) is 46.3 Å². The Morgan fingerprint density at radius 1 is 1.25 bits per heavy atom. The second kappa shape index (κ2) is 5.92. The van der Waals surface area contributed by atoms with Crippen molar-refractivity contribution in [2.24, 2.45) is 11.1 Å². The SMILES string of the molecule is CN(Cc1cccc(Cl)c1Cl)C(=O)C(C)(C)C(C)(C)N. The molecule has 0 saturated heterocycles. The second-order valence-corrected chi connectivity index (χ2v) is 7.01. The van der Waals surface area contributed by atoms with Crippen molar-refractivity contribution in [2.75, 3.05) is 7.05 Å². The van der Waals surface area contributed by atoms with Crippen LogP contribution in [0.25, 0.3) is 0 Å². The summed E-state index contributed by atoms with van der Waals surface area (Å²) in [5.41, 5.74) is 5.64. The third kappa shape index (κ3) is 3.46. The molecular formula is C15H22Cl2N2O. The highest BCUT2D eigenvalue weighted by atomic mass is 35.5. The Bertz CT molecular complexity index is 507. The van der Waals surface area contributed by atoms with Crippen LogP contribution in [0.5, 0.6) is 0 Å². The normalized spacial score (nSPS) is 12.4. The molecule has 0 aliphatic rings. The molecule has 0 aliphatic heterocycles. The first-order valence-electron chi connectivity index (χ1n) is 6.46. The van der Waals surface area contributed by atoms with E-state index in [4.69, 9.17) is 28.9 Å². The lowest BCUT2D eigenvalue weighted by Gasteiger charge is -2.39. The highest BCUT2D eigenvalue weighted by Crippen LogP contribution is 2.32. The predicted octanol–water partition coefficient (Wildman–Crippen LogP) is 3.72. The van der Waals surface area contributed by atoms with Gasteiger partial charge in [0.1, 0.15) is 0 Å². The number of rotatable bonds is 4. The number of amides is 1. The molecule has 0 unspecified atom stereocenters. The molecular weight excluding hydrogens is 295 g/mol. The molecule has 0 bridgehead atoms. The van der Waals surface area contributed by atoms with Crippen LogP contribution in [0.15, 0.2) is 18.2 Å². The molecule has 1 rings (SSSR count). The zero-order valence-corrected chi connectivity index (χ0v) is 14.1. The molecule has 0 fully saturated rings. The largest absolute Gasteiger partial charge is 0.341 e. The van der Waals surface area contributed by atoms with Gasteiger partial charge >= 0.3 is 0 Å². The monoisotopic (exact) mass is 316 g/mol. The minimum atomic E-state index is -0.674. The fourth-order valence-electron chi connectivity index (χ4n) is 1.75.